The van der Waals surface area contributed by atoms with Crippen LogP contribution in [0.2, 0.25) is 0 Å². The predicted molar refractivity (Wildman–Crippen MR) is 60.1 cm³/mol. The van der Waals surface area contributed by atoms with E-state index >= 15 is 0 Å². The van der Waals surface area contributed by atoms with Crippen molar-refractivity contribution in [3.05, 3.63) is 0 Å². The Morgan fingerprint density at radius 1 is 1.38 bits per heavy atom. The number of hydrogen-bond acceptors (Lipinski definition) is 3. The summed E-state index contributed by atoms with van der Waals surface area (Å²) in [5, 5.41) is 11.7. The van der Waals surface area contributed by atoms with Crippen LogP contribution in [0.4, 0.5) is 0 Å². The van der Waals surface area contributed by atoms with Gasteiger partial charge in [-0.1, -0.05) is 11.6 Å². The standard InChI is InChI=1S/C11H19N3O2/c12-11(13-16)9-5-2-6-14(9)10(15)7-8-3-1-4-8/h8-9,16H,1-7H2,(H2,12,13). The molecule has 1 atom stereocenters. The number of hydrogen-bond donors (Lipinski definition) is 2. The Kier molecular flexibility index (Phi) is 3.31. The lowest BCUT2D eigenvalue weighted by molar-refractivity contribution is -0.132. The average Bonchev–Trinajstić information content (AvgIpc) is 2.70. The Morgan fingerprint density at radius 2 is 2.12 bits per heavy atom. The molecule has 0 radical (unpaired) electrons. The highest BCUT2D eigenvalue weighted by atomic mass is 16.4. The van der Waals surface area contributed by atoms with E-state index in [1.54, 1.807) is 4.90 Å². The summed E-state index contributed by atoms with van der Waals surface area (Å²) in [5.41, 5.74) is 5.59. The van der Waals surface area contributed by atoms with Gasteiger partial charge in [-0.3, -0.25) is 4.79 Å². The molecular weight excluding hydrogens is 206 g/mol. The van der Waals surface area contributed by atoms with Gasteiger partial charge in [0.2, 0.25) is 5.91 Å². The summed E-state index contributed by atoms with van der Waals surface area (Å²) in [6.45, 7) is 0.742. The zero-order chi connectivity index (χ0) is 11.5. The number of oxime groups is 1. The molecule has 2 rings (SSSR count). The molecule has 90 valence electrons. The van der Waals surface area contributed by atoms with Crippen LogP contribution in [0.1, 0.15) is 38.5 Å². The van der Waals surface area contributed by atoms with Gasteiger partial charge in [-0.25, -0.2) is 0 Å². The summed E-state index contributed by atoms with van der Waals surface area (Å²) in [6, 6.07) is -0.183. The SMILES string of the molecule is NC(=NO)C1CCCN1C(=O)CC1CCC1. The van der Waals surface area contributed by atoms with E-state index in [0.29, 0.717) is 12.3 Å². The molecule has 1 saturated heterocycles. The Labute approximate surface area is 95.3 Å². The highest BCUT2D eigenvalue weighted by molar-refractivity contribution is 5.90. The van der Waals surface area contributed by atoms with E-state index in [4.69, 9.17) is 10.9 Å². The maximum atomic E-state index is 12.0. The molecule has 0 spiro atoms. The third kappa shape index (κ3) is 2.13. The van der Waals surface area contributed by atoms with E-state index in [2.05, 4.69) is 5.16 Å². The third-order valence-electron chi connectivity index (χ3n) is 3.72. The molecule has 2 fully saturated rings. The topological polar surface area (TPSA) is 78.9 Å². The van der Waals surface area contributed by atoms with E-state index in [0.717, 1.165) is 19.4 Å². The lowest BCUT2D eigenvalue weighted by Crippen LogP contribution is -2.44. The number of nitrogens with zero attached hydrogens (tertiary/aromatic N) is 2. The minimum Gasteiger partial charge on any atom is -0.409 e. The normalized spacial score (nSPS) is 26.9. The van der Waals surface area contributed by atoms with E-state index < -0.39 is 0 Å². The van der Waals surface area contributed by atoms with Gasteiger partial charge < -0.3 is 15.8 Å². The second-order valence-electron chi connectivity index (χ2n) is 4.77. The smallest absolute Gasteiger partial charge is 0.223 e. The maximum absolute atomic E-state index is 12.0. The second kappa shape index (κ2) is 4.72. The second-order valence-corrected chi connectivity index (χ2v) is 4.77. The largest absolute Gasteiger partial charge is 0.409 e. The van der Waals surface area contributed by atoms with Gasteiger partial charge in [0.15, 0.2) is 5.84 Å². The summed E-state index contributed by atoms with van der Waals surface area (Å²) in [7, 11) is 0. The van der Waals surface area contributed by atoms with Crippen molar-refractivity contribution in [2.75, 3.05) is 6.54 Å². The zero-order valence-corrected chi connectivity index (χ0v) is 9.43. The number of rotatable bonds is 3. The monoisotopic (exact) mass is 225 g/mol. The van der Waals surface area contributed by atoms with Gasteiger partial charge in [0.1, 0.15) is 0 Å². The van der Waals surface area contributed by atoms with Crippen molar-refractivity contribution >= 4 is 11.7 Å². The highest BCUT2D eigenvalue weighted by Gasteiger charge is 2.33. The molecule has 5 nitrogen and oxygen atoms in total. The molecule has 0 bridgehead atoms. The molecule has 1 aliphatic heterocycles. The number of carbonyl (C=O) groups excluding carboxylic acids is 1. The van der Waals surface area contributed by atoms with Gasteiger partial charge in [-0.05, 0) is 31.6 Å². The first kappa shape index (κ1) is 11.2. The molecule has 0 aromatic heterocycles. The zero-order valence-electron chi connectivity index (χ0n) is 9.43. The minimum atomic E-state index is -0.183. The molecule has 16 heavy (non-hydrogen) atoms. The molecule has 2 aliphatic rings. The van der Waals surface area contributed by atoms with Crippen LogP contribution in [0.3, 0.4) is 0 Å². The molecule has 0 aromatic rings. The number of amides is 1. The van der Waals surface area contributed by atoms with Crippen LogP contribution in [0.5, 0.6) is 0 Å². The Bertz CT molecular complexity index is 300. The molecule has 1 unspecified atom stereocenters. The summed E-state index contributed by atoms with van der Waals surface area (Å²) in [6.07, 6.45) is 5.99. The Balaban J connectivity index is 1.93. The number of likely N-dealkylation sites (tertiary alicyclic amines) is 1. The summed E-state index contributed by atoms with van der Waals surface area (Å²) >= 11 is 0. The van der Waals surface area contributed by atoms with Crippen molar-refractivity contribution in [2.45, 2.75) is 44.6 Å². The van der Waals surface area contributed by atoms with Crippen molar-refractivity contribution < 1.29 is 10.0 Å². The van der Waals surface area contributed by atoms with Crippen LogP contribution >= 0.6 is 0 Å². The summed E-state index contributed by atoms with van der Waals surface area (Å²) in [5.74, 6) is 0.902. The summed E-state index contributed by atoms with van der Waals surface area (Å²) < 4.78 is 0. The molecule has 1 aliphatic carbocycles. The first-order valence-corrected chi connectivity index (χ1v) is 5.99. The van der Waals surface area contributed by atoms with E-state index in [9.17, 15) is 4.79 Å². The van der Waals surface area contributed by atoms with E-state index in [-0.39, 0.29) is 17.8 Å². The van der Waals surface area contributed by atoms with Gasteiger partial charge in [0.25, 0.3) is 0 Å². The number of amidine groups is 1. The molecule has 3 N–H and O–H groups in total. The Hall–Kier alpha value is -1.26. The van der Waals surface area contributed by atoms with Crippen LogP contribution in [0.25, 0.3) is 0 Å². The number of nitrogens with two attached hydrogens (primary N) is 1. The number of carbonyl (C=O) groups is 1. The lowest BCUT2D eigenvalue weighted by atomic mass is 9.82. The molecule has 1 heterocycles. The van der Waals surface area contributed by atoms with Gasteiger partial charge in [-0.15, -0.1) is 0 Å². The highest BCUT2D eigenvalue weighted by Crippen LogP contribution is 2.31. The molecule has 0 aromatic carbocycles. The van der Waals surface area contributed by atoms with Gasteiger partial charge in [-0.2, -0.15) is 0 Å². The van der Waals surface area contributed by atoms with Crippen molar-refractivity contribution in [2.24, 2.45) is 16.8 Å². The molecule has 1 amide bonds. The van der Waals surface area contributed by atoms with Gasteiger partial charge >= 0.3 is 0 Å². The molecular formula is C11H19N3O2. The lowest BCUT2D eigenvalue weighted by Gasteiger charge is -2.29. The van der Waals surface area contributed by atoms with Crippen LogP contribution in [0, 0.1) is 5.92 Å². The predicted octanol–water partition coefficient (Wildman–Crippen LogP) is 0.914. The fourth-order valence-corrected chi connectivity index (χ4v) is 2.50. The third-order valence-corrected chi connectivity index (χ3v) is 3.72. The van der Waals surface area contributed by atoms with Crippen LogP contribution in [-0.2, 0) is 4.79 Å². The van der Waals surface area contributed by atoms with Gasteiger partial charge in [0, 0.05) is 13.0 Å². The first-order chi connectivity index (χ1) is 7.72. The first-order valence-electron chi connectivity index (χ1n) is 5.99. The molecule has 5 heteroatoms. The average molecular weight is 225 g/mol. The minimum absolute atomic E-state index is 0.166. The quantitative estimate of drug-likeness (QED) is 0.324. The summed E-state index contributed by atoms with van der Waals surface area (Å²) in [4.78, 5) is 13.8. The van der Waals surface area contributed by atoms with E-state index in [1.807, 2.05) is 0 Å². The van der Waals surface area contributed by atoms with Crippen molar-refractivity contribution in [1.29, 1.82) is 0 Å². The van der Waals surface area contributed by atoms with Crippen LogP contribution in [0.15, 0.2) is 5.16 Å². The van der Waals surface area contributed by atoms with Crippen molar-refractivity contribution in [3.63, 3.8) is 0 Å². The fourth-order valence-electron chi connectivity index (χ4n) is 2.50. The van der Waals surface area contributed by atoms with Crippen molar-refractivity contribution in [3.8, 4) is 0 Å². The molecule has 1 saturated carbocycles. The fraction of sp³-hybridized carbons (Fsp3) is 0.818. The maximum Gasteiger partial charge on any atom is 0.223 e. The van der Waals surface area contributed by atoms with Crippen LogP contribution < -0.4 is 5.73 Å². The Morgan fingerprint density at radius 3 is 2.69 bits per heavy atom. The van der Waals surface area contributed by atoms with E-state index in [1.165, 1.54) is 19.3 Å². The van der Waals surface area contributed by atoms with Crippen molar-refractivity contribution in [1.82, 2.24) is 4.90 Å². The van der Waals surface area contributed by atoms with Crippen LogP contribution in [-0.4, -0.2) is 34.4 Å². The van der Waals surface area contributed by atoms with Gasteiger partial charge in [0.05, 0.1) is 6.04 Å².